The average Bonchev–Trinajstić information content (AvgIpc) is 3.20. The van der Waals surface area contributed by atoms with Gasteiger partial charge in [-0.2, -0.15) is 0 Å². The lowest BCUT2D eigenvalue weighted by atomic mass is 10.0. The van der Waals surface area contributed by atoms with Crippen molar-refractivity contribution < 1.29 is 34.7 Å². The second kappa shape index (κ2) is 8.35. The van der Waals surface area contributed by atoms with Crippen LogP contribution in [0.15, 0.2) is 29.4 Å². The monoisotopic (exact) mass is 408 g/mol. The Morgan fingerprint density at radius 1 is 1.34 bits per heavy atom. The molecular formula is C18H24N4O7. The number of benzene rings is 1. The molecule has 1 aromatic carbocycles. The summed E-state index contributed by atoms with van der Waals surface area (Å²) in [5.41, 5.74) is 12.2. The second-order valence-corrected chi connectivity index (χ2v) is 6.80. The van der Waals surface area contributed by atoms with Gasteiger partial charge in [0, 0.05) is 23.6 Å². The number of aliphatic imine (C=N–C) groups is 1. The summed E-state index contributed by atoms with van der Waals surface area (Å²) >= 11 is 0. The molecule has 9 N–H and O–H groups in total. The summed E-state index contributed by atoms with van der Waals surface area (Å²) in [4.78, 5) is 19.4. The number of ether oxygens (including phenoxy) is 2. The van der Waals surface area contributed by atoms with Crippen molar-refractivity contribution in [1.29, 1.82) is 0 Å². The van der Waals surface area contributed by atoms with Gasteiger partial charge in [-0.15, -0.1) is 0 Å². The fourth-order valence-corrected chi connectivity index (χ4v) is 3.27. The van der Waals surface area contributed by atoms with Crippen molar-refractivity contribution in [2.45, 2.75) is 36.9 Å². The number of carbonyl (C=O) groups excluding carboxylic acids is 1. The number of nitrogens with zero attached hydrogens (tertiary/aromatic N) is 1. The molecule has 3 rings (SSSR count). The van der Waals surface area contributed by atoms with E-state index in [9.17, 15) is 20.1 Å². The van der Waals surface area contributed by atoms with E-state index in [1.54, 1.807) is 6.07 Å². The average molecular weight is 408 g/mol. The Bertz CT molecular complexity index is 911. The van der Waals surface area contributed by atoms with Crippen molar-refractivity contribution in [3.05, 3.63) is 30.0 Å². The van der Waals surface area contributed by atoms with Gasteiger partial charge in [0.15, 0.2) is 17.8 Å². The molecule has 2 aromatic rings. The maximum absolute atomic E-state index is 12.5. The topological polar surface area (TPSA) is 197 Å². The summed E-state index contributed by atoms with van der Waals surface area (Å²) in [6, 6.07) is 5.53. The standard InChI is InChI=1S/C18H24N4O7/c19-17(20)21-6-2-4-9-3-1-5-10-12(9)11(7-22-10)28-16(26)14-13(24)15(25)18(27,8-23)29-14/h1,3,5,7,13-15,22-25,27H,2,4,6,8H2,(H4,19,20,21)/t13-,14+,15+,18-/m0/s1. The molecule has 1 aromatic heterocycles. The van der Waals surface area contributed by atoms with Crippen LogP contribution in [0.4, 0.5) is 0 Å². The van der Waals surface area contributed by atoms with E-state index in [2.05, 4.69) is 9.98 Å². The number of nitrogens with two attached hydrogens (primary N) is 2. The van der Waals surface area contributed by atoms with Gasteiger partial charge in [0.2, 0.25) is 5.79 Å². The molecule has 158 valence electrons. The zero-order valence-corrected chi connectivity index (χ0v) is 15.5. The molecule has 11 nitrogen and oxygen atoms in total. The minimum Gasteiger partial charge on any atom is -0.422 e. The molecule has 0 amide bonds. The Labute approximate surface area is 165 Å². The van der Waals surface area contributed by atoms with Gasteiger partial charge < -0.3 is 46.4 Å². The molecular weight excluding hydrogens is 384 g/mol. The Morgan fingerprint density at radius 3 is 2.76 bits per heavy atom. The highest BCUT2D eigenvalue weighted by Gasteiger charge is 2.56. The van der Waals surface area contributed by atoms with Crippen molar-refractivity contribution in [2.24, 2.45) is 16.5 Å². The SMILES string of the molecule is NC(N)=NCCCc1cccc2[nH]cc(OC(=O)[C@@H]3O[C@@](O)(CO)[C@H](O)[C@H]3O)c12. The fraction of sp³-hybridized carbons (Fsp3) is 0.444. The Balaban J connectivity index is 1.78. The maximum atomic E-state index is 12.5. The fourth-order valence-electron chi connectivity index (χ4n) is 3.27. The number of aromatic nitrogens is 1. The van der Waals surface area contributed by atoms with Crippen LogP contribution in [0.1, 0.15) is 12.0 Å². The summed E-state index contributed by atoms with van der Waals surface area (Å²) in [5.74, 6) is -3.25. The lowest BCUT2D eigenvalue weighted by Crippen LogP contribution is -2.46. The molecule has 0 bridgehead atoms. The van der Waals surface area contributed by atoms with Gasteiger partial charge in [0.25, 0.3) is 0 Å². The number of hydrogen-bond acceptors (Lipinski definition) is 8. The van der Waals surface area contributed by atoms with Crippen molar-refractivity contribution in [2.75, 3.05) is 13.2 Å². The van der Waals surface area contributed by atoms with Crippen molar-refractivity contribution in [1.82, 2.24) is 4.98 Å². The Kier molecular flexibility index (Phi) is 6.05. The van der Waals surface area contributed by atoms with Crippen molar-refractivity contribution in [3.8, 4) is 5.75 Å². The van der Waals surface area contributed by atoms with Gasteiger partial charge in [0.05, 0.1) is 6.61 Å². The van der Waals surface area contributed by atoms with E-state index >= 15 is 0 Å². The first-order valence-corrected chi connectivity index (χ1v) is 9.00. The predicted molar refractivity (Wildman–Crippen MR) is 102 cm³/mol. The zero-order chi connectivity index (χ0) is 21.2. The molecule has 0 spiro atoms. The second-order valence-electron chi connectivity index (χ2n) is 6.80. The number of guanidine groups is 1. The highest BCUT2D eigenvalue weighted by Crippen LogP contribution is 2.33. The van der Waals surface area contributed by atoms with Crippen LogP contribution in [0, 0.1) is 0 Å². The normalized spacial score (nSPS) is 26.6. The highest BCUT2D eigenvalue weighted by molar-refractivity contribution is 5.92. The third-order valence-corrected chi connectivity index (χ3v) is 4.75. The summed E-state index contributed by atoms with van der Waals surface area (Å²) in [5, 5.41) is 39.6. The van der Waals surface area contributed by atoms with Crippen molar-refractivity contribution in [3.63, 3.8) is 0 Å². The van der Waals surface area contributed by atoms with E-state index in [-0.39, 0.29) is 11.7 Å². The third kappa shape index (κ3) is 4.18. The van der Waals surface area contributed by atoms with E-state index in [4.69, 9.17) is 26.0 Å². The van der Waals surface area contributed by atoms with Gasteiger partial charge in [-0.3, -0.25) is 4.99 Å². The predicted octanol–water partition coefficient (Wildman–Crippen LogP) is -1.92. The largest absolute Gasteiger partial charge is 0.422 e. The summed E-state index contributed by atoms with van der Waals surface area (Å²) in [6.07, 6.45) is -2.53. The van der Waals surface area contributed by atoms with Crippen LogP contribution in [-0.4, -0.2) is 74.6 Å². The minimum absolute atomic E-state index is 0.0135. The molecule has 1 aliphatic rings. The molecule has 0 saturated carbocycles. The number of nitrogens with one attached hydrogen (secondary N) is 1. The van der Waals surface area contributed by atoms with Crippen LogP contribution in [-0.2, 0) is 16.0 Å². The zero-order valence-electron chi connectivity index (χ0n) is 15.5. The van der Waals surface area contributed by atoms with E-state index < -0.39 is 36.7 Å². The molecule has 11 heteroatoms. The summed E-state index contributed by atoms with van der Waals surface area (Å²) in [7, 11) is 0. The number of hydrogen-bond donors (Lipinski definition) is 7. The van der Waals surface area contributed by atoms with Gasteiger partial charge in [-0.05, 0) is 24.5 Å². The van der Waals surface area contributed by atoms with Gasteiger partial charge in [-0.25, -0.2) is 4.79 Å². The Hall–Kier alpha value is -2.70. The molecule has 2 heterocycles. The number of esters is 1. The minimum atomic E-state index is -2.44. The van der Waals surface area contributed by atoms with Crippen LogP contribution in [0.3, 0.4) is 0 Å². The van der Waals surface area contributed by atoms with Crippen LogP contribution in [0.2, 0.25) is 0 Å². The van der Waals surface area contributed by atoms with Crippen LogP contribution in [0.25, 0.3) is 10.9 Å². The van der Waals surface area contributed by atoms with Gasteiger partial charge in [-0.1, -0.05) is 12.1 Å². The Morgan fingerprint density at radius 2 is 2.10 bits per heavy atom. The molecule has 1 saturated heterocycles. The summed E-state index contributed by atoms with van der Waals surface area (Å²) < 4.78 is 10.3. The summed E-state index contributed by atoms with van der Waals surface area (Å²) in [6.45, 7) is -0.556. The number of carbonyl (C=O) groups is 1. The van der Waals surface area contributed by atoms with Gasteiger partial charge in [0.1, 0.15) is 12.2 Å². The molecule has 1 fully saturated rings. The molecule has 1 aliphatic heterocycles. The first-order valence-electron chi connectivity index (χ1n) is 9.00. The van der Waals surface area contributed by atoms with Crippen molar-refractivity contribution >= 4 is 22.8 Å². The van der Waals surface area contributed by atoms with E-state index in [0.717, 1.165) is 11.1 Å². The lowest BCUT2D eigenvalue weighted by molar-refractivity contribution is -0.246. The number of aromatic amines is 1. The molecule has 0 unspecified atom stereocenters. The maximum Gasteiger partial charge on any atom is 0.343 e. The smallest absolute Gasteiger partial charge is 0.343 e. The van der Waals surface area contributed by atoms with Crippen LogP contribution >= 0.6 is 0 Å². The van der Waals surface area contributed by atoms with Crippen LogP contribution < -0.4 is 16.2 Å². The lowest BCUT2D eigenvalue weighted by Gasteiger charge is -2.22. The highest BCUT2D eigenvalue weighted by atomic mass is 16.7. The molecule has 0 aliphatic carbocycles. The first kappa shape index (κ1) is 21.0. The van der Waals surface area contributed by atoms with Gasteiger partial charge >= 0.3 is 5.97 Å². The quantitative estimate of drug-likeness (QED) is 0.118. The number of rotatable bonds is 7. The molecule has 4 atom stereocenters. The van der Waals surface area contributed by atoms with E-state index in [1.807, 2.05) is 12.1 Å². The number of aliphatic hydroxyl groups excluding tert-OH is 3. The molecule has 0 radical (unpaired) electrons. The number of fused-ring (bicyclic) bond motifs is 1. The van der Waals surface area contributed by atoms with E-state index in [1.165, 1.54) is 6.20 Å². The molecule has 29 heavy (non-hydrogen) atoms. The third-order valence-electron chi connectivity index (χ3n) is 4.75. The number of H-pyrrole nitrogens is 1. The first-order chi connectivity index (χ1) is 13.8. The van der Waals surface area contributed by atoms with E-state index in [0.29, 0.717) is 24.8 Å². The van der Waals surface area contributed by atoms with Crippen LogP contribution in [0.5, 0.6) is 5.75 Å². The number of aliphatic hydroxyl groups is 4. The number of aryl methyl sites for hydroxylation is 1.